The Bertz CT molecular complexity index is 652. The number of nitrogen functional groups attached to an aromatic ring is 1. The maximum absolute atomic E-state index is 8.86. The number of aryl methyl sites for hydroxylation is 1. The Balaban J connectivity index is 2.62. The molecule has 1 aromatic heterocycles. The molecule has 4 nitrogen and oxygen atoms in total. The Labute approximate surface area is 117 Å². The van der Waals surface area contributed by atoms with Crippen LogP contribution in [0.4, 0.5) is 5.69 Å². The van der Waals surface area contributed by atoms with E-state index in [4.69, 9.17) is 22.6 Å². The summed E-state index contributed by atoms with van der Waals surface area (Å²) in [4.78, 5) is 0. The summed E-state index contributed by atoms with van der Waals surface area (Å²) in [5.74, 6) is 0. The van der Waals surface area contributed by atoms with Crippen molar-refractivity contribution in [3.8, 4) is 11.8 Å². The number of nitrogens with two attached hydrogens (primary N) is 1. The number of anilines is 1. The average Bonchev–Trinajstić information content (AvgIpc) is 2.74. The first-order valence-electron chi connectivity index (χ1n) is 6.18. The van der Waals surface area contributed by atoms with Crippen molar-refractivity contribution in [1.82, 2.24) is 9.78 Å². The second-order valence-corrected chi connectivity index (χ2v) is 4.61. The zero-order valence-corrected chi connectivity index (χ0v) is 11.7. The van der Waals surface area contributed by atoms with Crippen LogP contribution in [0, 0.1) is 11.3 Å². The number of hydrogen-bond acceptors (Lipinski definition) is 3. The number of hydrogen-bond donors (Lipinski definition) is 1. The maximum atomic E-state index is 8.86. The van der Waals surface area contributed by atoms with Crippen molar-refractivity contribution < 1.29 is 0 Å². The van der Waals surface area contributed by atoms with Crippen LogP contribution in [0.2, 0.25) is 5.02 Å². The van der Waals surface area contributed by atoms with Gasteiger partial charge in [-0.05, 0) is 31.0 Å². The zero-order chi connectivity index (χ0) is 14.0. The fourth-order valence-electron chi connectivity index (χ4n) is 2.06. The van der Waals surface area contributed by atoms with Crippen molar-refractivity contribution in [2.24, 2.45) is 0 Å². The third-order valence-corrected chi connectivity index (χ3v) is 3.38. The summed E-state index contributed by atoms with van der Waals surface area (Å²) in [5, 5.41) is 13.9. The number of rotatable bonds is 3. The number of benzene rings is 1. The van der Waals surface area contributed by atoms with Crippen molar-refractivity contribution in [2.45, 2.75) is 26.7 Å². The molecular weight excluding hydrogens is 260 g/mol. The van der Waals surface area contributed by atoms with Crippen molar-refractivity contribution in [3.63, 3.8) is 0 Å². The van der Waals surface area contributed by atoms with Crippen molar-refractivity contribution in [2.75, 3.05) is 5.73 Å². The number of halogens is 1. The van der Waals surface area contributed by atoms with Crippen LogP contribution in [0.25, 0.3) is 5.69 Å². The topological polar surface area (TPSA) is 67.6 Å². The van der Waals surface area contributed by atoms with Gasteiger partial charge in [0.15, 0.2) is 0 Å². The molecule has 0 spiro atoms. The lowest BCUT2D eigenvalue weighted by Gasteiger charge is -2.08. The van der Waals surface area contributed by atoms with Crippen LogP contribution < -0.4 is 5.73 Å². The monoisotopic (exact) mass is 274 g/mol. The SMILES string of the molecule is CCc1nn(-c2ccc(C#N)cc2Cl)c(CC)c1N. The summed E-state index contributed by atoms with van der Waals surface area (Å²) in [5.41, 5.74) is 9.92. The number of nitrogens with zero attached hydrogens (tertiary/aromatic N) is 3. The van der Waals surface area contributed by atoms with Gasteiger partial charge in [0, 0.05) is 0 Å². The molecule has 0 amide bonds. The first-order valence-corrected chi connectivity index (χ1v) is 6.56. The first kappa shape index (κ1) is 13.4. The summed E-state index contributed by atoms with van der Waals surface area (Å²) in [7, 11) is 0. The van der Waals surface area contributed by atoms with E-state index in [0.29, 0.717) is 10.6 Å². The first-order chi connectivity index (χ1) is 9.12. The molecule has 0 radical (unpaired) electrons. The van der Waals surface area contributed by atoms with E-state index < -0.39 is 0 Å². The van der Waals surface area contributed by atoms with E-state index in [1.54, 1.807) is 22.9 Å². The van der Waals surface area contributed by atoms with Crippen LogP contribution >= 0.6 is 11.6 Å². The normalized spacial score (nSPS) is 10.4. The van der Waals surface area contributed by atoms with Gasteiger partial charge in [0.2, 0.25) is 0 Å². The van der Waals surface area contributed by atoms with Gasteiger partial charge >= 0.3 is 0 Å². The largest absolute Gasteiger partial charge is 0.396 e. The molecule has 0 aliphatic rings. The average molecular weight is 275 g/mol. The zero-order valence-electron chi connectivity index (χ0n) is 10.9. The van der Waals surface area contributed by atoms with E-state index in [1.165, 1.54) is 0 Å². The van der Waals surface area contributed by atoms with E-state index in [1.807, 2.05) is 13.8 Å². The molecule has 2 N–H and O–H groups in total. The molecule has 98 valence electrons. The number of nitriles is 1. The molecule has 19 heavy (non-hydrogen) atoms. The Morgan fingerprint density at radius 3 is 2.63 bits per heavy atom. The molecule has 0 atom stereocenters. The van der Waals surface area contributed by atoms with Gasteiger partial charge < -0.3 is 5.73 Å². The molecule has 5 heteroatoms. The summed E-state index contributed by atoms with van der Waals surface area (Å²) in [6.45, 7) is 4.05. The Hall–Kier alpha value is -1.99. The summed E-state index contributed by atoms with van der Waals surface area (Å²) in [6.07, 6.45) is 1.55. The van der Waals surface area contributed by atoms with Crippen LogP contribution in [-0.2, 0) is 12.8 Å². The minimum Gasteiger partial charge on any atom is -0.396 e. The highest BCUT2D eigenvalue weighted by atomic mass is 35.5. The molecule has 0 saturated heterocycles. The third-order valence-electron chi connectivity index (χ3n) is 3.07. The molecule has 1 aromatic carbocycles. The molecule has 0 aliphatic heterocycles. The van der Waals surface area contributed by atoms with Gasteiger partial charge in [-0.2, -0.15) is 10.4 Å². The quantitative estimate of drug-likeness (QED) is 0.935. The number of aromatic nitrogens is 2. The minimum absolute atomic E-state index is 0.499. The molecule has 0 unspecified atom stereocenters. The maximum Gasteiger partial charge on any atom is 0.0992 e. The van der Waals surface area contributed by atoms with Crippen molar-refractivity contribution in [3.05, 3.63) is 40.2 Å². The van der Waals surface area contributed by atoms with E-state index in [9.17, 15) is 0 Å². The lowest BCUT2D eigenvalue weighted by atomic mass is 10.2. The summed E-state index contributed by atoms with van der Waals surface area (Å²) in [6, 6.07) is 7.23. The standard InChI is InChI=1S/C14H15ClN4/c1-3-11-14(17)12(4-2)19(18-11)13-6-5-9(8-16)7-10(13)15/h5-7H,3-4,17H2,1-2H3. The molecule has 0 aliphatic carbocycles. The lowest BCUT2D eigenvalue weighted by molar-refractivity contribution is 0.794. The predicted octanol–water partition coefficient (Wildman–Crippen LogP) is 3.10. The molecule has 0 bridgehead atoms. The van der Waals surface area contributed by atoms with Crippen LogP contribution in [0.3, 0.4) is 0 Å². The Morgan fingerprint density at radius 1 is 1.37 bits per heavy atom. The lowest BCUT2D eigenvalue weighted by Crippen LogP contribution is -2.03. The molecule has 1 heterocycles. The minimum atomic E-state index is 0.499. The van der Waals surface area contributed by atoms with Gasteiger partial charge in [0.25, 0.3) is 0 Å². The van der Waals surface area contributed by atoms with Gasteiger partial charge in [0.05, 0.1) is 39.4 Å². The highest BCUT2D eigenvalue weighted by Gasteiger charge is 2.15. The predicted molar refractivity (Wildman–Crippen MR) is 76.5 cm³/mol. The molecule has 2 rings (SSSR count). The van der Waals surface area contributed by atoms with E-state index in [-0.39, 0.29) is 0 Å². The highest BCUT2D eigenvalue weighted by Crippen LogP contribution is 2.27. The molecule has 2 aromatic rings. The van der Waals surface area contributed by atoms with Gasteiger partial charge in [-0.15, -0.1) is 0 Å². The van der Waals surface area contributed by atoms with Crippen LogP contribution in [-0.4, -0.2) is 9.78 Å². The summed E-state index contributed by atoms with van der Waals surface area (Å²) < 4.78 is 1.78. The Morgan fingerprint density at radius 2 is 2.11 bits per heavy atom. The van der Waals surface area contributed by atoms with Gasteiger partial charge in [-0.1, -0.05) is 25.4 Å². The van der Waals surface area contributed by atoms with Crippen LogP contribution in [0.15, 0.2) is 18.2 Å². The fourth-order valence-corrected chi connectivity index (χ4v) is 2.33. The van der Waals surface area contributed by atoms with Crippen molar-refractivity contribution >= 4 is 17.3 Å². The summed E-state index contributed by atoms with van der Waals surface area (Å²) >= 11 is 6.22. The van der Waals surface area contributed by atoms with Gasteiger partial charge in [0.1, 0.15) is 0 Å². The second-order valence-electron chi connectivity index (χ2n) is 4.20. The van der Waals surface area contributed by atoms with Gasteiger partial charge in [-0.3, -0.25) is 0 Å². The van der Waals surface area contributed by atoms with Crippen LogP contribution in [0.1, 0.15) is 30.8 Å². The van der Waals surface area contributed by atoms with E-state index in [2.05, 4.69) is 11.2 Å². The van der Waals surface area contributed by atoms with Crippen LogP contribution in [0.5, 0.6) is 0 Å². The highest BCUT2D eigenvalue weighted by molar-refractivity contribution is 6.32. The molecule has 0 fully saturated rings. The van der Waals surface area contributed by atoms with E-state index >= 15 is 0 Å². The molecule has 0 saturated carbocycles. The molecular formula is C14H15ClN4. The smallest absolute Gasteiger partial charge is 0.0992 e. The van der Waals surface area contributed by atoms with E-state index in [0.717, 1.165) is 35.6 Å². The van der Waals surface area contributed by atoms with Crippen molar-refractivity contribution in [1.29, 1.82) is 5.26 Å². The van der Waals surface area contributed by atoms with Gasteiger partial charge in [-0.25, -0.2) is 4.68 Å². The second kappa shape index (κ2) is 5.33. The third kappa shape index (κ3) is 2.29. The Kier molecular flexibility index (Phi) is 3.77. The fraction of sp³-hybridized carbons (Fsp3) is 0.286.